The van der Waals surface area contributed by atoms with Gasteiger partial charge in [-0.25, -0.2) is 4.68 Å². The maximum absolute atomic E-state index is 4.24. The molecule has 0 aliphatic carbocycles. The first-order chi connectivity index (χ1) is 11.8. The summed E-state index contributed by atoms with van der Waals surface area (Å²) in [6, 6.07) is 4.44. The standard InChI is InChI=1S/C16H26N8/c1-3-4-11-24-16(19-20-21-24)13-22(2)14-7-6-10-23(12-14)15-8-5-9-17-18-15/h5,8-9,14H,3-4,6-7,10-13H2,1-2H3/t14-/m1/s1. The van der Waals surface area contributed by atoms with Gasteiger partial charge in [0.05, 0.1) is 6.54 Å². The summed E-state index contributed by atoms with van der Waals surface area (Å²) in [4.78, 5) is 4.67. The van der Waals surface area contributed by atoms with Crippen molar-refractivity contribution < 1.29 is 0 Å². The lowest BCUT2D eigenvalue weighted by molar-refractivity contribution is 0.199. The van der Waals surface area contributed by atoms with E-state index in [1.54, 1.807) is 6.20 Å². The summed E-state index contributed by atoms with van der Waals surface area (Å²) in [6.07, 6.45) is 6.31. The van der Waals surface area contributed by atoms with Gasteiger partial charge in [-0.05, 0) is 48.9 Å². The fourth-order valence-electron chi connectivity index (χ4n) is 3.15. The maximum atomic E-state index is 4.24. The van der Waals surface area contributed by atoms with Crippen molar-refractivity contribution in [3.63, 3.8) is 0 Å². The second-order valence-electron chi connectivity index (χ2n) is 6.41. The minimum Gasteiger partial charge on any atom is -0.354 e. The Balaban J connectivity index is 1.60. The smallest absolute Gasteiger partial charge is 0.165 e. The number of rotatable bonds is 7. The van der Waals surface area contributed by atoms with Gasteiger partial charge in [0.2, 0.25) is 0 Å². The Morgan fingerprint density at radius 2 is 2.25 bits per heavy atom. The molecule has 3 rings (SSSR count). The highest BCUT2D eigenvalue weighted by Gasteiger charge is 2.25. The van der Waals surface area contributed by atoms with Crippen LogP contribution in [-0.2, 0) is 13.1 Å². The Labute approximate surface area is 142 Å². The molecule has 0 amide bonds. The lowest BCUT2D eigenvalue weighted by Gasteiger charge is -2.37. The van der Waals surface area contributed by atoms with Gasteiger partial charge in [-0.3, -0.25) is 4.90 Å². The number of piperidine rings is 1. The van der Waals surface area contributed by atoms with Crippen molar-refractivity contribution in [2.75, 3.05) is 25.0 Å². The quantitative estimate of drug-likeness (QED) is 0.759. The molecule has 2 aromatic rings. The van der Waals surface area contributed by atoms with Gasteiger partial charge < -0.3 is 4.90 Å². The fraction of sp³-hybridized carbons (Fsp3) is 0.688. The molecule has 130 valence electrons. The van der Waals surface area contributed by atoms with Gasteiger partial charge in [-0.15, -0.1) is 10.2 Å². The Hall–Kier alpha value is -2.09. The number of nitrogens with zero attached hydrogens (tertiary/aromatic N) is 8. The van der Waals surface area contributed by atoms with Crippen LogP contribution in [0.15, 0.2) is 18.3 Å². The molecule has 8 heteroatoms. The van der Waals surface area contributed by atoms with E-state index in [9.17, 15) is 0 Å². The maximum Gasteiger partial charge on any atom is 0.165 e. The molecule has 24 heavy (non-hydrogen) atoms. The first-order valence-corrected chi connectivity index (χ1v) is 8.76. The van der Waals surface area contributed by atoms with Crippen LogP contribution in [0.4, 0.5) is 5.82 Å². The van der Waals surface area contributed by atoms with Crippen LogP contribution < -0.4 is 4.90 Å². The Bertz CT molecular complexity index is 614. The van der Waals surface area contributed by atoms with E-state index in [4.69, 9.17) is 0 Å². The molecule has 0 radical (unpaired) electrons. The van der Waals surface area contributed by atoms with Gasteiger partial charge in [0.25, 0.3) is 0 Å². The molecule has 0 unspecified atom stereocenters. The minimum absolute atomic E-state index is 0.470. The molecule has 0 spiro atoms. The largest absolute Gasteiger partial charge is 0.354 e. The van der Waals surface area contributed by atoms with Gasteiger partial charge in [0.1, 0.15) is 0 Å². The Morgan fingerprint density at radius 3 is 3.04 bits per heavy atom. The predicted molar refractivity (Wildman–Crippen MR) is 91.5 cm³/mol. The summed E-state index contributed by atoms with van der Waals surface area (Å²) in [5.41, 5.74) is 0. The van der Waals surface area contributed by atoms with Gasteiger partial charge in [-0.1, -0.05) is 13.3 Å². The first kappa shape index (κ1) is 16.8. The van der Waals surface area contributed by atoms with E-state index in [1.165, 1.54) is 6.42 Å². The summed E-state index contributed by atoms with van der Waals surface area (Å²) in [6.45, 7) is 5.85. The Kier molecular flexibility index (Phi) is 5.68. The third-order valence-electron chi connectivity index (χ3n) is 4.62. The van der Waals surface area contributed by atoms with E-state index in [0.717, 1.165) is 57.1 Å². The van der Waals surface area contributed by atoms with E-state index in [2.05, 4.69) is 49.5 Å². The molecular formula is C16H26N8. The van der Waals surface area contributed by atoms with E-state index in [0.29, 0.717) is 6.04 Å². The number of tetrazole rings is 1. The molecule has 0 N–H and O–H groups in total. The van der Waals surface area contributed by atoms with Crippen LogP contribution in [0.1, 0.15) is 38.4 Å². The summed E-state index contributed by atoms with van der Waals surface area (Å²) in [5.74, 6) is 1.91. The van der Waals surface area contributed by atoms with Gasteiger partial charge in [0, 0.05) is 31.9 Å². The summed E-state index contributed by atoms with van der Waals surface area (Å²) >= 11 is 0. The van der Waals surface area contributed by atoms with Gasteiger partial charge in [0.15, 0.2) is 11.6 Å². The van der Waals surface area contributed by atoms with Crippen LogP contribution in [0, 0.1) is 0 Å². The van der Waals surface area contributed by atoms with E-state index in [1.807, 2.05) is 16.8 Å². The zero-order chi connectivity index (χ0) is 16.8. The number of unbranched alkanes of at least 4 members (excludes halogenated alkanes) is 1. The SMILES string of the molecule is CCCCn1nnnc1CN(C)[C@@H]1CCCN(c2cccnn2)C1. The van der Waals surface area contributed by atoms with Gasteiger partial charge >= 0.3 is 0 Å². The molecule has 0 aromatic carbocycles. The van der Waals surface area contributed by atoms with Crippen LogP contribution in [0.5, 0.6) is 0 Å². The first-order valence-electron chi connectivity index (χ1n) is 8.76. The van der Waals surface area contributed by atoms with Crippen molar-refractivity contribution in [1.82, 2.24) is 35.3 Å². The molecule has 1 aliphatic heterocycles. The van der Waals surface area contributed by atoms with Crippen molar-refractivity contribution >= 4 is 5.82 Å². The van der Waals surface area contributed by atoms with Gasteiger partial charge in [-0.2, -0.15) is 5.10 Å². The monoisotopic (exact) mass is 330 g/mol. The zero-order valence-electron chi connectivity index (χ0n) is 14.5. The minimum atomic E-state index is 0.470. The highest BCUT2D eigenvalue weighted by atomic mass is 15.5. The normalized spacial score (nSPS) is 18.3. The van der Waals surface area contributed by atoms with E-state index >= 15 is 0 Å². The summed E-state index contributed by atoms with van der Waals surface area (Å²) in [5, 5.41) is 20.4. The third-order valence-corrected chi connectivity index (χ3v) is 4.62. The number of likely N-dealkylation sites (N-methyl/N-ethyl adjacent to an activating group) is 1. The highest BCUT2D eigenvalue weighted by Crippen LogP contribution is 2.20. The van der Waals surface area contributed by atoms with Crippen LogP contribution in [0.3, 0.4) is 0 Å². The molecule has 1 aliphatic rings. The molecule has 0 bridgehead atoms. The lowest BCUT2D eigenvalue weighted by atomic mass is 10.0. The zero-order valence-corrected chi connectivity index (χ0v) is 14.5. The van der Waals surface area contributed by atoms with Crippen LogP contribution in [0.2, 0.25) is 0 Å². The molecule has 8 nitrogen and oxygen atoms in total. The number of hydrogen-bond donors (Lipinski definition) is 0. The number of anilines is 1. The predicted octanol–water partition coefficient (Wildman–Crippen LogP) is 1.36. The van der Waals surface area contributed by atoms with Crippen molar-refractivity contribution in [2.45, 2.75) is 51.7 Å². The second-order valence-corrected chi connectivity index (χ2v) is 6.41. The molecule has 1 atom stereocenters. The van der Waals surface area contributed by atoms with Crippen molar-refractivity contribution in [3.8, 4) is 0 Å². The van der Waals surface area contributed by atoms with Crippen LogP contribution in [-0.4, -0.2) is 61.5 Å². The highest BCUT2D eigenvalue weighted by molar-refractivity contribution is 5.37. The third kappa shape index (κ3) is 4.05. The Morgan fingerprint density at radius 1 is 1.33 bits per heavy atom. The second kappa shape index (κ2) is 8.14. The molecule has 3 heterocycles. The fourth-order valence-corrected chi connectivity index (χ4v) is 3.15. The molecular weight excluding hydrogens is 304 g/mol. The summed E-state index contributed by atoms with van der Waals surface area (Å²) < 4.78 is 1.93. The van der Waals surface area contributed by atoms with E-state index in [-0.39, 0.29) is 0 Å². The topological polar surface area (TPSA) is 75.9 Å². The average molecular weight is 330 g/mol. The molecule has 2 aromatic heterocycles. The number of aryl methyl sites for hydroxylation is 1. The van der Waals surface area contributed by atoms with Crippen molar-refractivity contribution in [2.24, 2.45) is 0 Å². The van der Waals surface area contributed by atoms with Crippen LogP contribution in [0.25, 0.3) is 0 Å². The lowest BCUT2D eigenvalue weighted by Crippen LogP contribution is -2.46. The summed E-state index contributed by atoms with van der Waals surface area (Å²) in [7, 11) is 2.16. The molecule has 1 fully saturated rings. The molecule has 0 saturated carbocycles. The van der Waals surface area contributed by atoms with Crippen molar-refractivity contribution in [3.05, 3.63) is 24.2 Å². The van der Waals surface area contributed by atoms with Crippen LogP contribution >= 0.6 is 0 Å². The molecule has 1 saturated heterocycles. The van der Waals surface area contributed by atoms with E-state index < -0.39 is 0 Å². The average Bonchev–Trinajstić information content (AvgIpc) is 3.07. The number of hydrogen-bond acceptors (Lipinski definition) is 7. The van der Waals surface area contributed by atoms with Crippen molar-refractivity contribution in [1.29, 1.82) is 0 Å². The number of aromatic nitrogens is 6.